The summed E-state index contributed by atoms with van der Waals surface area (Å²) in [5.74, 6) is 0.278. The molecule has 6 heteroatoms. The van der Waals surface area contributed by atoms with Crippen molar-refractivity contribution in [1.82, 2.24) is 5.43 Å². The van der Waals surface area contributed by atoms with Crippen molar-refractivity contribution in [3.63, 3.8) is 0 Å². The molecule has 0 aliphatic heterocycles. The second-order valence-electron chi connectivity index (χ2n) is 5.61. The number of halogens is 2. The number of hydrazone groups is 1. The van der Waals surface area contributed by atoms with Crippen LogP contribution >= 0.6 is 23.2 Å². The number of rotatable bonds is 5. The average molecular weight is 387 g/mol. The number of carbonyl (C=O) groups excluding carboxylic acids is 1. The predicted octanol–water partition coefficient (Wildman–Crippen LogP) is 5.06. The fourth-order valence-electron chi connectivity index (χ4n) is 2.42. The molecular formula is C20H16Cl2N2O2. The first-order valence-electron chi connectivity index (χ1n) is 7.97. The molecule has 1 atom stereocenters. The Morgan fingerprint density at radius 3 is 2.65 bits per heavy atom. The maximum absolute atomic E-state index is 12.2. The zero-order chi connectivity index (χ0) is 18.5. The lowest BCUT2D eigenvalue weighted by Crippen LogP contribution is -2.33. The molecule has 3 aromatic carbocycles. The first-order chi connectivity index (χ1) is 12.6. The minimum Gasteiger partial charge on any atom is -0.480 e. The van der Waals surface area contributed by atoms with Gasteiger partial charge >= 0.3 is 0 Å². The predicted molar refractivity (Wildman–Crippen MR) is 106 cm³/mol. The molecule has 26 heavy (non-hydrogen) atoms. The number of benzene rings is 3. The van der Waals surface area contributed by atoms with Crippen LogP contribution in [0.2, 0.25) is 10.0 Å². The number of ether oxygens (including phenoxy) is 1. The number of hydrogen-bond donors (Lipinski definition) is 1. The molecular weight excluding hydrogens is 371 g/mol. The van der Waals surface area contributed by atoms with Crippen LogP contribution in [0.4, 0.5) is 0 Å². The number of nitrogens with zero attached hydrogens (tertiary/aromatic N) is 1. The minimum absolute atomic E-state index is 0.368. The van der Waals surface area contributed by atoms with E-state index in [9.17, 15) is 4.79 Å². The van der Waals surface area contributed by atoms with Crippen molar-refractivity contribution in [3.8, 4) is 5.75 Å². The Morgan fingerprint density at radius 1 is 1.08 bits per heavy atom. The Hall–Kier alpha value is -2.56. The van der Waals surface area contributed by atoms with Crippen molar-refractivity contribution in [1.29, 1.82) is 0 Å². The van der Waals surface area contributed by atoms with Gasteiger partial charge in [0.25, 0.3) is 5.91 Å². The molecule has 0 heterocycles. The van der Waals surface area contributed by atoms with Gasteiger partial charge in [0, 0.05) is 10.9 Å². The lowest BCUT2D eigenvalue weighted by Gasteiger charge is -2.14. The summed E-state index contributed by atoms with van der Waals surface area (Å²) in [4.78, 5) is 12.2. The monoisotopic (exact) mass is 386 g/mol. The van der Waals surface area contributed by atoms with Gasteiger partial charge in [-0.1, -0.05) is 71.7 Å². The summed E-state index contributed by atoms with van der Waals surface area (Å²) in [7, 11) is 0. The summed E-state index contributed by atoms with van der Waals surface area (Å²) < 4.78 is 5.80. The van der Waals surface area contributed by atoms with Crippen molar-refractivity contribution in [2.75, 3.05) is 0 Å². The summed E-state index contributed by atoms with van der Waals surface area (Å²) in [6.45, 7) is 1.67. The molecule has 132 valence electrons. The largest absolute Gasteiger partial charge is 0.480 e. The van der Waals surface area contributed by atoms with Crippen molar-refractivity contribution in [3.05, 3.63) is 76.3 Å². The molecule has 1 unspecified atom stereocenters. The molecule has 3 aromatic rings. The van der Waals surface area contributed by atoms with Crippen molar-refractivity contribution < 1.29 is 9.53 Å². The van der Waals surface area contributed by atoms with E-state index in [1.54, 1.807) is 25.1 Å². The third-order valence-electron chi connectivity index (χ3n) is 3.78. The van der Waals surface area contributed by atoms with Crippen LogP contribution < -0.4 is 10.2 Å². The Balaban J connectivity index is 1.66. The zero-order valence-electron chi connectivity index (χ0n) is 13.9. The van der Waals surface area contributed by atoms with E-state index >= 15 is 0 Å². The second kappa shape index (κ2) is 8.21. The van der Waals surface area contributed by atoms with Gasteiger partial charge in [0.1, 0.15) is 5.75 Å². The van der Waals surface area contributed by atoms with Crippen LogP contribution in [0.5, 0.6) is 5.75 Å². The van der Waals surface area contributed by atoms with E-state index in [2.05, 4.69) is 10.5 Å². The molecule has 0 fully saturated rings. The standard InChI is InChI=1S/C20H16Cl2N2O2/c1-13(26-18-11-5-7-14-6-2-3-9-16(14)18)20(25)24-23-12-15-8-4-10-17(21)19(15)22/h2-13H,1H3,(H,24,25). The highest BCUT2D eigenvalue weighted by Gasteiger charge is 2.15. The highest BCUT2D eigenvalue weighted by Crippen LogP contribution is 2.26. The molecule has 0 saturated heterocycles. The maximum atomic E-state index is 12.2. The normalized spacial score (nSPS) is 12.3. The Labute approximate surface area is 161 Å². The summed E-state index contributed by atoms with van der Waals surface area (Å²) in [6, 6.07) is 18.7. The Kier molecular flexibility index (Phi) is 5.76. The van der Waals surface area contributed by atoms with E-state index in [4.69, 9.17) is 27.9 Å². The zero-order valence-corrected chi connectivity index (χ0v) is 15.5. The van der Waals surface area contributed by atoms with E-state index in [-0.39, 0.29) is 5.91 Å². The molecule has 0 aliphatic rings. The van der Waals surface area contributed by atoms with Crippen molar-refractivity contribution in [2.24, 2.45) is 5.10 Å². The lowest BCUT2D eigenvalue weighted by molar-refractivity contribution is -0.127. The van der Waals surface area contributed by atoms with Crippen LogP contribution in [-0.4, -0.2) is 18.2 Å². The number of hydrogen-bond acceptors (Lipinski definition) is 3. The molecule has 0 bridgehead atoms. The van der Waals surface area contributed by atoms with E-state index in [1.807, 2.05) is 42.5 Å². The van der Waals surface area contributed by atoms with Gasteiger partial charge in [0.2, 0.25) is 0 Å². The topological polar surface area (TPSA) is 50.7 Å². The van der Waals surface area contributed by atoms with Crippen LogP contribution in [-0.2, 0) is 4.79 Å². The highest BCUT2D eigenvalue weighted by molar-refractivity contribution is 6.43. The van der Waals surface area contributed by atoms with Crippen LogP contribution in [0.15, 0.2) is 65.8 Å². The van der Waals surface area contributed by atoms with Gasteiger partial charge in [-0.3, -0.25) is 4.79 Å². The number of fused-ring (bicyclic) bond motifs is 1. The molecule has 1 amide bonds. The number of carbonyl (C=O) groups is 1. The van der Waals surface area contributed by atoms with E-state index in [0.717, 1.165) is 10.8 Å². The van der Waals surface area contributed by atoms with Crippen LogP contribution in [0, 0.1) is 0 Å². The third-order valence-corrected chi connectivity index (χ3v) is 4.62. The summed E-state index contributed by atoms with van der Waals surface area (Å²) in [5, 5.41) is 6.72. The van der Waals surface area contributed by atoms with Gasteiger partial charge in [0.05, 0.1) is 16.3 Å². The fraction of sp³-hybridized carbons (Fsp3) is 0.100. The SMILES string of the molecule is CC(Oc1cccc2ccccc12)C(=O)NN=Cc1cccc(Cl)c1Cl. The van der Waals surface area contributed by atoms with Crippen molar-refractivity contribution >= 4 is 46.1 Å². The minimum atomic E-state index is -0.715. The van der Waals surface area contributed by atoms with Crippen LogP contribution in [0.3, 0.4) is 0 Å². The highest BCUT2D eigenvalue weighted by atomic mass is 35.5. The molecule has 0 saturated carbocycles. The Morgan fingerprint density at radius 2 is 1.81 bits per heavy atom. The van der Waals surface area contributed by atoms with Gasteiger partial charge < -0.3 is 4.74 Å². The molecule has 0 aromatic heterocycles. The first-order valence-corrected chi connectivity index (χ1v) is 8.73. The molecule has 3 rings (SSSR count). The van der Waals surface area contributed by atoms with Gasteiger partial charge in [-0.15, -0.1) is 0 Å². The number of amides is 1. The molecule has 1 N–H and O–H groups in total. The second-order valence-corrected chi connectivity index (χ2v) is 6.40. The van der Waals surface area contributed by atoms with Crippen LogP contribution in [0.1, 0.15) is 12.5 Å². The molecule has 0 spiro atoms. The van der Waals surface area contributed by atoms with E-state index in [1.165, 1.54) is 6.21 Å². The maximum Gasteiger partial charge on any atom is 0.280 e. The fourth-order valence-corrected chi connectivity index (χ4v) is 2.78. The van der Waals surface area contributed by atoms with Gasteiger partial charge in [-0.25, -0.2) is 5.43 Å². The van der Waals surface area contributed by atoms with E-state index < -0.39 is 6.10 Å². The molecule has 4 nitrogen and oxygen atoms in total. The third kappa shape index (κ3) is 4.15. The summed E-state index contributed by atoms with van der Waals surface area (Å²) in [6.07, 6.45) is 0.726. The summed E-state index contributed by atoms with van der Waals surface area (Å²) >= 11 is 12.0. The number of nitrogens with one attached hydrogen (secondary N) is 1. The molecule has 0 aliphatic carbocycles. The van der Waals surface area contributed by atoms with Gasteiger partial charge in [0.15, 0.2) is 6.10 Å². The average Bonchev–Trinajstić information content (AvgIpc) is 2.65. The summed E-state index contributed by atoms with van der Waals surface area (Å²) in [5.41, 5.74) is 3.06. The Bertz CT molecular complexity index is 968. The molecule has 0 radical (unpaired) electrons. The van der Waals surface area contributed by atoms with Crippen LogP contribution in [0.25, 0.3) is 10.8 Å². The first kappa shape index (κ1) is 18.2. The van der Waals surface area contributed by atoms with Gasteiger partial charge in [-0.05, 0) is 24.4 Å². The smallest absolute Gasteiger partial charge is 0.280 e. The quantitative estimate of drug-likeness (QED) is 0.491. The van der Waals surface area contributed by atoms with Gasteiger partial charge in [-0.2, -0.15) is 5.10 Å². The van der Waals surface area contributed by atoms with E-state index in [0.29, 0.717) is 21.4 Å². The lowest BCUT2D eigenvalue weighted by atomic mass is 10.1. The van der Waals surface area contributed by atoms with Crippen molar-refractivity contribution in [2.45, 2.75) is 13.0 Å².